The van der Waals surface area contributed by atoms with E-state index in [1.165, 1.54) is 5.56 Å². The van der Waals surface area contributed by atoms with Gasteiger partial charge in [0.05, 0.1) is 52.3 Å². The summed E-state index contributed by atoms with van der Waals surface area (Å²) in [5, 5.41) is 3.25. The van der Waals surface area contributed by atoms with Gasteiger partial charge in [0.15, 0.2) is 0 Å². The van der Waals surface area contributed by atoms with Crippen molar-refractivity contribution in [3.8, 4) is 0 Å². The van der Waals surface area contributed by atoms with Crippen LogP contribution in [0, 0.1) is 0 Å². The van der Waals surface area contributed by atoms with Crippen molar-refractivity contribution in [1.82, 2.24) is 5.32 Å². The predicted molar refractivity (Wildman–Crippen MR) is 82.6 cm³/mol. The van der Waals surface area contributed by atoms with Crippen LogP contribution in [-0.2, 0) is 18.9 Å². The maximum absolute atomic E-state index is 5.64. The Hall–Kier alpha value is -0.980. The molecule has 5 heteroatoms. The average molecular weight is 297 g/mol. The third kappa shape index (κ3) is 8.80. The summed E-state index contributed by atoms with van der Waals surface area (Å²) < 4.78 is 21.2. The zero-order chi connectivity index (χ0) is 15.2. The highest BCUT2D eigenvalue weighted by molar-refractivity contribution is 5.18. The Morgan fingerprint density at radius 2 is 1.43 bits per heavy atom. The van der Waals surface area contributed by atoms with Gasteiger partial charge in [-0.05, 0) is 12.6 Å². The lowest BCUT2D eigenvalue weighted by molar-refractivity contribution is 0.000966. The van der Waals surface area contributed by atoms with Gasteiger partial charge >= 0.3 is 0 Å². The van der Waals surface area contributed by atoms with Crippen molar-refractivity contribution in [2.45, 2.75) is 6.04 Å². The maximum Gasteiger partial charge on any atom is 0.0701 e. The highest BCUT2D eigenvalue weighted by Gasteiger charge is 2.07. The van der Waals surface area contributed by atoms with E-state index in [1.807, 2.05) is 25.2 Å². The normalized spacial score (nSPS) is 12.5. The fraction of sp³-hybridized carbons (Fsp3) is 0.625. The standard InChI is InChI=1S/C16H27NO4/c1-17-16(15-6-4-3-5-7-15)14-21-13-12-20-11-10-19-9-8-18-2/h3-7,16-17H,8-14H2,1-2H3. The summed E-state index contributed by atoms with van der Waals surface area (Å²) in [6.07, 6.45) is 0. The van der Waals surface area contributed by atoms with E-state index in [0.717, 1.165) is 0 Å². The van der Waals surface area contributed by atoms with Gasteiger partial charge in [-0.15, -0.1) is 0 Å². The first kappa shape index (κ1) is 18.1. The zero-order valence-electron chi connectivity index (χ0n) is 13.0. The van der Waals surface area contributed by atoms with Crippen LogP contribution < -0.4 is 5.32 Å². The van der Waals surface area contributed by atoms with E-state index in [1.54, 1.807) is 7.11 Å². The first-order chi connectivity index (χ1) is 10.4. The fourth-order valence-electron chi connectivity index (χ4n) is 1.81. The second kappa shape index (κ2) is 12.7. The number of hydrogen-bond acceptors (Lipinski definition) is 5. The SMILES string of the molecule is CNC(COCCOCCOCCOC)c1ccccc1. The van der Waals surface area contributed by atoms with Crippen LogP contribution in [0.25, 0.3) is 0 Å². The van der Waals surface area contributed by atoms with Gasteiger partial charge in [0.25, 0.3) is 0 Å². The predicted octanol–water partition coefficient (Wildman–Crippen LogP) is 1.64. The average Bonchev–Trinajstić information content (AvgIpc) is 2.54. The molecular formula is C16H27NO4. The molecule has 0 fully saturated rings. The van der Waals surface area contributed by atoms with Crippen molar-refractivity contribution in [3.05, 3.63) is 35.9 Å². The van der Waals surface area contributed by atoms with Crippen LogP contribution >= 0.6 is 0 Å². The molecule has 0 amide bonds. The molecule has 0 aliphatic heterocycles. The van der Waals surface area contributed by atoms with E-state index in [9.17, 15) is 0 Å². The molecule has 0 spiro atoms. The molecular weight excluding hydrogens is 270 g/mol. The van der Waals surface area contributed by atoms with Crippen molar-refractivity contribution >= 4 is 0 Å². The van der Waals surface area contributed by atoms with Crippen LogP contribution in [0.3, 0.4) is 0 Å². The van der Waals surface area contributed by atoms with Gasteiger partial charge in [-0.1, -0.05) is 30.3 Å². The van der Waals surface area contributed by atoms with E-state index in [2.05, 4.69) is 17.4 Å². The molecule has 0 aliphatic carbocycles. The lowest BCUT2D eigenvalue weighted by Gasteiger charge is -2.16. The minimum absolute atomic E-state index is 0.212. The van der Waals surface area contributed by atoms with Gasteiger partial charge in [0.1, 0.15) is 0 Å². The van der Waals surface area contributed by atoms with Crippen LogP contribution in [0.2, 0.25) is 0 Å². The second-order valence-electron chi connectivity index (χ2n) is 4.54. The molecule has 0 radical (unpaired) electrons. The quantitative estimate of drug-likeness (QED) is 0.561. The highest BCUT2D eigenvalue weighted by Crippen LogP contribution is 2.11. The summed E-state index contributed by atoms with van der Waals surface area (Å²) in [5.74, 6) is 0. The van der Waals surface area contributed by atoms with Gasteiger partial charge in [0.2, 0.25) is 0 Å². The number of ether oxygens (including phenoxy) is 4. The Morgan fingerprint density at radius 1 is 0.857 bits per heavy atom. The van der Waals surface area contributed by atoms with E-state index < -0.39 is 0 Å². The lowest BCUT2D eigenvalue weighted by atomic mass is 10.1. The largest absolute Gasteiger partial charge is 0.382 e. The van der Waals surface area contributed by atoms with Crippen LogP contribution in [0.1, 0.15) is 11.6 Å². The molecule has 120 valence electrons. The molecule has 1 rings (SSSR count). The first-order valence-corrected chi connectivity index (χ1v) is 7.33. The zero-order valence-corrected chi connectivity index (χ0v) is 13.0. The third-order valence-corrected chi connectivity index (χ3v) is 3.01. The van der Waals surface area contributed by atoms with E-state index in [-0.39, 0.29) is 6.04 Å². The molecule has 1 N–H and O–H groups in total. The van der Waals surface area contributed by atoms with Crippen molar-refractivity contribution in [2.24, 2.45) is 0 Å². The molecule has 1 aromatic carbocycles. The molecule has 21 heavy (non-hydrogen) atoms. The molecule has 0 aliphatic rings. The van der Waals surface area contributed by atoms with E-state index in [0.29, 0.717) is 46.2 Å². The molecule has 0 heterocycles. The smallest absolute Gasteiger partial charge is 0.0701 e. The molecule has 1 aromatic rings. The van der Waals surface area contributed by atoms with Gasteiger partial charge in [-0.25, -0.2) is 0 Å². The first-order valence-electron chi connectivity index (χ1n) is 7.33. The fourth-order valence-corrected chi connectivity index (χ4v) is 1.81. The Balaban J connectivity index is 1.98. The number of benzene rings is 1. The second-order valence-corrected chi connectivity index (χ2v) is 4.54. The molecule has 1 unspecified atom stereocenters. The monoisotopic (exact) mass is 297 g/mol. The number of nitrogens with one attached hydrogen (secondary N) is 1. The summed E-state index contributed by atoms with van der Waals surface area (Å²) in [5.41, 5.74) is 1.23. The molecule has 0 bridgehead atoms. The summed E-state index contributed by atoms with van der Waals surface area (Å²) >= 11 is 0. The lowest BCUT2D eigenvalue weighted by Crippen LogP contribution is -2.22. The van der Waals surface area contributed by atoms with Crippen molar-refractivity contribution < 1.29 is 18.9 Å². The number of rotatable bonds is 13. The molecule has 5 nitrogen and oxygen atoms in total. The maximum atomic E-state index is 5.64. The van der Waals surface area contributed by atoms with Crippen molar-refractivity contribution in [3.63, 3.8) is 0 Å². The number of hydrogen-bond donors (Lipinski definition) is 1. The van der Waals surface area contributed by atoms with Crippen molar-refractivity contribution in [2.75, 3.05) is 60.4 Å². The van der Waals surface area contributed by atoms with Crippen LogP contribution in [0.4, 0.5) is 0 Å². The summed E-state index contributed by atoms with van der Waals surface area (Å²) in [4.78, 5) is 0. The molecule has 1 atom stereocenters. The Labute approximate surface area is 127 Å². The van der Waals surface area contributed by atoms with Gasteiger partial charge in [-0.3, -0.25) is 0 Å². The summed E-state index contributed by atoms with van der Waals surface area (Å²) in [6.45, 7) is 4.20. The van der Waals surface area contributed by atoms with E-state index in [4.69, 9.17) is 18.9 Å². The molecule has 0 saturated carbocycles. The molecule has 0 saturated heterocycles. The molecule has 0 aromatic heterocycles. The number of likely N-dealkylation sites (N-methyl/N-ethyl adjacent to an activating group) is 1. The minimum atomic E-state index is 0.212. The van der Waals surface area contributed by atoms with E-state index >= 15 is 0 Å². The number of methoxy groups -OCH3 is 1. The minimum Gasteiger partial charge on any atom is -0.382 e. The van der Waals surface area contributed by atoms with Crippen LogP contribution in [0.5, 0.6) is 0 Å². The highest BCUT2D eigenvalue weighted by atomic mass is 16.6. The topological polar surface area (TPSA) is 49.0 Å². The Kier molecular flexibility index (Phi) is 11.0. The van der Waals surface area contributed by atoms with Crippen LogP contribution in [-0.4, -0.2) is 60.4 Å². The summed E-state index contributed by atoms with van der Waals surface area (Å²) in [7, 11) is 3.60. The third-order valence-electron chi connectivity index (χ3n) is 3.01. The Bertz CT molecular complexity index is 334. The van der Waals surface area contributed by atoms with Crippen molar-refractivity contribution in [1.29, 1.82) is 0 Å². The van der Waals surface area contributed by atoms with Gasteiger partial charge in [0, 0.05) is 7.11 Å². The van der Waals surface area contributed by atoms with Crippen LogP contribution in [0.15, 0.2) is 30.3 Å². The van der Waals surface area contributed by atoms with Gasteiger partial charge < -0.3 is 24.3 Å². The Morgan fingerprint density at radius 3 is 2.00 bits per heavy atom. The summed E-state index contributed by atoms with van der Waals surface area (Å²) in [6, 6.07) is 10.5. The van der Waals surface area contributed by atoms with Gasteiger partial charge in [-0.2, -0.15) is 0 Å².